The molecular weight excluding hydrogens is 554 g/mol. The molecule has 1 aromatic heterocycles. The summed E-state index contributed by atoms with van der Waals surface area (Å²) in [4.78, 5) is 3.03. The van der Waals surface area contributed by atoms with E-state index in [0.29, 0.717) is 10.8 Å². The van der Waals surface area contributed by atoms with Gasteiger partial charge < -0.3 is 16.2 Å². The summed E-state index contributed by atoms with van der Waals surface area (Å²) in [6.45, 7) is 0. The summed E-state index contributed by atoms with van der Waals surface area (Å²) < 4.78 is 67.2. The number of nitrogen functional groups attached to an aromatic ring is 1. The van der Waals surface area contributed by atoms with Gasteiger partial charge in [0.25, 0.3) is 20.2 Å². The average Bonchev–Trinajstić information content (AvgIpc) is 3.25. The number of fused-ring (bicyclic) bond motifs is 2. The van der Waals surface area contributed by atoms with Crippen molar-refractivity contribution >= 4 is 80.4 Å². The fourth-order valence-electron chi connectivity index (χ4n) is 3.70. The van der Waals surface area contributed by atoms with Crippen molar-refractivity contribution in [2.45, 2.75) is 9.79 Å². The van der Waals surface area contributed by atoms with Crippen molar-refractivity contribution in [2.24, 2.45) is 10.2 Å². The molecule has 0 radical (unpaired) electrons. The van der Waals surface area contributed by atoms with E-state index in [1.165, 1.54) is 11.3 Å². The molecule has 5 rings (SSSR count). The quantitative estimate of drug-likeness (QED) is 0.0997. The van der Waals surface area contributed by atoms with Gasteiger partial charge in [0.15, 0.2) is 10.9 Å². The van der Waals surface area contributed by atoms with Gasteiger partial charge in [-0.25, -0.2) is 4.98 Å². The van der Waals surface area contributed by atoms with E-state index in [1.807, 2.05) is 24.3 Å². The molecule has 38 heavy (non-hydrogen) atoms. The molecule has 4 aromatic carbocycles. The number of thiazole rings is 1. The minimum absolute atomic E-state index is 0.144. The second-order valence-electron chi connectivity index (χ2n) is 7.99. The summed E-state index contributed by atoms with van der Waals surface area (Å²) >= 11 is 1.48. The molecule has 12 nitrogen and oxygen atoms in total. The van der Waals surface area contributed by atoms with Crippen molar-refractivity contribution in [3.8, 4) is 5.75 Å². The van der Waals surface area contributed by atoms with Gasteiger partial charge in [-0.2, -0.15) is 21.9 Å². The second-order valence-corrected chi connectivity index (χ2v) is 11.8. The molecule has 0 atom stereocenters. The maximum absolute atomic E-state index is 12.0. The van der Waals surface area contributed by atoms with E-state index >= 15 is 0 Å². The molecule has 6 N–H and O–H groups in total. The van der Waals surface area contributed by atoms with E-state index in [2.05, 4.69) is 20.5 Å². The number of benzene rings is 4. The van der Waals surface area contributed by atoms with Crippen molar-refractivity contribution in [1.29, 1.82) is 0 Å². The number of aromatic nitrogens is 1. The molecule has 0 bridgehead atoms. The SMILES string of the molecule is Nc1cc(S(=O)(=O)O)cc2cc(S(=O)(=O)O)c(N=Nc3ccc(Nc4nc5ccccc5s4)cc3)c(O)c12. The maximum Gasteiger partial charge on any atom is 0.296 e. The topological polar surface area (TPSA) is 205 Å². The van der Waals surface area contributed by atoms with Gasteiger partial charge >= 0.3 is 0 Å². The van der Waals surface area contributed by atoms with Crippen molar-refractivity contribution in [1.82, 2.24) is 4.98 Å². The predicted octanol–water partition coefficient (Wildman–Crippen LogP) is 5.39. The van der Waals surface area contributed by atoms with Crippen LogP contribution < -0.4 is 11.1 Å². The standard InChI is InChI=1S/C23H17N5O7S3/c24-16-11-15(37(30,31)32)9-12-10-19(38(33,34)35)21(22(29)20(12)16)28-27-14-7-5-13(6-8-14)25-23-26-17-3-1-2-4-18(17)36-23/h1-11,29H,24H2,(H,25,26)(H,30,31,32)(H,33,34,35). The highest BCUT2D eigenvalue weighted by Gasteiger charge is 2.24. The Morgan fingerprint density at radius 3 is 2.26 bits per heavy atom. The number of aromatic hydroxyl groups is 1. The number of nitrogens with one attached hydrogen (secondary N) is 1. The summed E-state index contributed by atoms with van der Waals surface area (Å²) in [5, 5.41) is 22.1. The van der Waals surface area contributed by atoms with Gasteiger partial charge in [-0.3, -0.25) is 9.11 Å². The Kier molecular flexibility index (Phi) is 6.24. The van der Waals surface area contributed by atoms with Crippen LogP contribution in [0.4, 0.5) is 27.9 Å². The molecule has 0 fully saturated rings. The van der Waals surface area contributed by atoms with Crippen LogP contribution in [0.1, 0.15) is 0 Å². The molecule has 0 aliphatic rings. The third-order valence-corrected chi connectivity index (χ3v) is 8.06. The Morgan fingerprint density at radius 1 is 0.895 bits per heavy atom. The number of nitrogens with zero attached hydrogens (tertiary/aromatic N) is 3. The van der Waals surface area contributed by atoms with E-state index in [4.69, 9.17) is 5.73 Å². The Labute approximate surface area is 219 Å². The van der Waals surface area contributed by atoms with E-state index in [9.17, 15) is 31.0 Å². The van der Waals surface area contributed by atoms with Gasteiger partial charge in [0.2, 0.25) is 0 Å². The van der Waals surface area contributed by atoms with Crippen molar-refractivity contribution in [2.75, 3.05) is 11.1 Å². The maximum atomic E-state index is 12.0. The zero-order chi connectivity index (χ0) is 27.2. The third-order valence-electron chi connectivity index (χ3n) is 5.41. The normalized spacial score (nSPS) is 12.5. The van der Waals surface area contributed by atoms with Gasteiger partial charge in [0.05, 0.1) is 20.8 Å². The molecular formula is C23H17N5O7S3. The second kappa shape index (κ2) is 9.30. The molecule has 0 amide bonds. The smallest absolute Gasteiger partial charge is 0.296 e. The highest BCUT2D eigenvalue weighted by atomic mass is 32.2. The summed E-state index contributed by atoms with van der Waals surface area (Å²) in [5.41, 5.74) is 6.83. The summed E-state index contributed by atoms with van der Waals surface area (Å²) in [5.74, 6) is -0.757. The zero-order valence-electron chi connectivity index (χ0n) is 19.0. The number of phenols is 1. The summed E-state index contributed by atoms with van der Waals surface area (Å²) in [7, 11) is -9.64. The molecule has 194 valence electrons. The molecule has 0 saturated heterocycles. The molecule has 0 aliphatic heterocycles. The number of hydrogen-bond donors (Lipinski definition) is 5. The third kappa shape index (κ3) is 5.00. The Morgan fingerprint density at radius 2 is 1.61 bits per heavy atom. The molecule has 0 saturated carbocycles. The molecule has 0 aliphatic carbocycles. The molecule has 1 heterocycles. The first kappa shape index (κ1) is 25.5. The van der Waals surface area contributed by atoms with Crippen LogP contribution >= 0.6 is 11.3 Å². The number of azo groups is 1. The van der Waals surface area contributed by atoms with Gasteiger partial charge in [0, 0.05) is 16.8 Å². The number of anilines is 3. The lowest BCUT2D eigenvalue weighted by atomic mass is 10.1. The fourth-order valence-corrected chi connectivity index (χ4v) is 5.80. The number of rotatable bonds is 6. The molecule has 0 spiro atoms. The minimum Gasteiger partial charge on any atom is -0.505 e. The highest BCUT2D eigenvalue weighted by molar-refractivity contribution is 7.86. The van der Waals surface area contributed by atoms with Crippen LogP contribution in [0.5, 0.6) is 5.75 Å². The number of nitrogens with two attached hydrogens (primary N) is 1. The lowest BCUT2D eigenvalue weighted by molar-refractivity contribution is 0.472. The van der Waals surface area contributed by atoms with Gasteiger partial charge in [-0.15, -0.1) is 5.11 Å². The van der Waals surface area contributed by atoms with Crippen LogP contribution in [0.25, 0.3) is 21.0 Å². The van der Waals surface area contributed by atoms with Crippen LogP contribution in [0.2, 0.25) is 0 Å². The fraction of sp³-hybridized carbons (Fsp3) is 0. The van der Waals surface area contributed by atoms with Crippen LogP contribution in [-0.2, 0) is 20.2 Å². The molecule has 0 unspecified atom stereocenters. The number of hydrogen-bond acceptors (Lipinski definition) is 11. The van der Waals surface area contributed by atoms with Crippen LogP contribution in [0.15, 0.2) is 86.7 Å². The van der Waals surface area contributed by atoms with E-state index < -0.39 is 41.5 Å². The summed E-state index contributed by atoms with van der Waals surface area (Å²) in [6, 6.07) is 16.9. The first-order valence-corrected chi connectivity index (χ1v) is 14.3. The Bertz CT molecular complexity index is 1940. The lowest BCUT2D eigenvalue weighted by Crippen LogP contribution is -2.02. The van der Waals surface area contributed by atoms with Gasteiger partial charge in [0.1, 0.15) is 10.6 Å². The van der Waals surface area contributed by atoms with Gasteiger partial charge in [-0.1, -0.05) is 23.5 Å². The summed E-state index contributed by atoms with van der Waals surface area (Å²) in [6.07, 6.45) is 0. The lowest BCUT2D eigenvalue weighted by Gasteiger charge is -2.12. The van der Waals surface area contributed by atoms with E-state index in [0.717, 1.165) is 28.4 Å². The van der Waals surface area contributed by atoms with Crippen LogP contribution in [0.3, 0.4) is 0 Å². The number of phenolic OH excluding ortho intramolecular Hbond substituents is 1. The van der Waals surface area contributed by atoms with Crippen molar-refractivity contribution in [3.05, 3.63) is 66.7 Å². The average molecular weight is 572 g/mol. The van der Waals surface area contributed by atoms with E-state index in [-0.39, 0.29) is 22.1 Å². The van der Waals surface area contributed by atoms with Crippen LogP contribution in [-0.4, -0.2) is 36.0 Å². The van der Waals surface area contributed by atoms with Crippen LogP contribution in [0, 0.1) is 0 Å². The largest absolute Gasteiger partial charge is 0.505 e. The highest BCUT2D eigenvalue weighted by Crippen LogP contribution is 2.44. The predicted molar refractivity (Wildman–Crippen MR) is 143 cm³/mol. The molecule has 5 aromatic rings. The minimum atomic E-state index is -4.95. The Balaban J connectivity index is 1.50. The zero-order valence-corrected chi connectivity index (χ0v) is 21.4. The first-order valence-electron chi connectivity index (χ1n) is 10.6. The monoisotopic (exact) mass is 571 g/mol. The van der Waals surface area contributed by atoms with Crippen molar-refractivity contribution < 1.29 is 31.0 Å². The van der Waals surface area contributed by atoms with Crippen molar-refractivity contribution in [3.63, 3.8) is 0 Å². The Hall–Kier alpha value is -4.15. The molecule has 15 heteroatoms. The number of para-hydroxylation sites is 1. The van der Waals surface area contributed by atoms with E-state index in [1.54, 1.807) is 24.3 Å². The van der Waals surface area contributed by atoms with Gasteiger partial charge in [-0.05, 0) is 60.0 Å². The first-order chi connectivity index (χ1) is 17.9.